The van der Waals surface area contributed by atoms with Gasteiger partial charge < -0.3 is 5.32 Å². The second kappa shape index (κ2) is 5.15. The summed E-state index contributed by atoms with van der Waals surface area (Å²) in [5.41, 5.74) is 0.433. The molecule has 0 aromatic carbocycles. The molecule has 1 amide bonds. The van der Waals surface area contributed by atoms with Crippen molar-refractivity contribution >= 4 is 33.4 Å². The first kappa shape index (κ1) is 11.9. The van der Waals surface area contributed by atoms with Gasteiger partial charge in [0.25, 0.3) is 5.91 Å². The quantitative estimate of drug-likeness (QED) is 0.853. The van der Waals surface area contributed by atoms with Gasteiger partial charge in [-0.05, 0) is 34.8 Å². The normalized spacial score (nSPS) is 16.4. The number of nitrogens with zero attached hydrogens (tertiary/aromatic N) is 1. The molecule has 0 saturated heterocycles. The average Bonchev–Trinajstić information content (AvgIpc) is 2.74. The highest BCUT2D eigenvalue weighted by molar-refractivity contribution is 9.10. The minimum atomic E-state index is -0.134. The maximum Gasteiger partial charge on any atom is 0.254 e. The number of hydrogen-bond donors (Lipinski definition) is 1. The lowest BCUT2D eigenvalue weighted by molar-refractivity contribution is 0.0937. The van der Waals surface area contributed by atoms with Gasteiger partial charge in [0.15, 0.2) is 0 Å². The molecule has 3 nitrogen and oxygen atoms in total. The number of rotatable bonds is 2. The lowest BCUT2D eigenvalue weighted by Crippen LogP contribution is -2.32. The minimum Gasteiger partial charge on any atom is -0.349 e. The van der Waals surface area contributed by atoms with Crippen molar-refractivity contribution in [1.82, 2.24) is 10.3 Å². The Kier molecular flexibility index (Phi) is 3.82. The number of carbonyl (C=O) groups excluding carboxylic acids is 1. The minimum absolute atomic E-state index is 0.134. The lowest BCUT2D eigenvalue weighted by atomic mass is 10.2. The summed E-state index contributed by atoms with van der Waals surface area (Å²) in [7, 11) is 0. The molecular formula is C11H12BrClN2O. The molecule has 1 N–H and O–H groups in total. The van der Waals surface area contributed by atoms with Crippen molar-refractivity contribution in [2.24, 2.45) is 0 Å². The maximum absolute atomic E-state index is 11.9. The molecule has 0 radical (unpaired) electrons. The molecule has 1 heterocycles. The molecule has 1 saturated carbocycles. The number of nitrogens with one attached hydrogen (secondary N) is 1. The second-order valence-electron chi connectivity index (χ2n) is 3.95. The maximum atomic E-state index is 11.9. The van der Waals surface area contributed by atoms with E-state index in [0.717, 1.165) is 17.3 Å². The van der Waals surface area contributed by atoms with E-state index in [1.807, 2.05) is 0 Å². The molecule has 1 aromatic rings. The van der Waals surface area contributed by atoms with Gasteiger partial charge >= 0.3 is 0 Å². The second-order valence-corrected chi connectivity index (χ2v) is 5.22. The van der Waals surface area contributed by atoms with E-state index >= 15 is 0 Å². The van der Waals surface area contributed by atoms with Crippen LogP contribution in [0.15, 0.2) is 16.7 Å². The van der Waals surface area contributed by atoms with E-state index in [0.29, 0.717) is 11.6 Å². The highest BCUT2D eigenvalue weighted by Crippen LogP contribution is 2.21. The van der Waals surface area contributed by atoms with Gasteiger partial charge in [0.2, 0.25) is 0 Å². The number of hydrogen-bond acceptors (Lipinski definition) is 2. The summed E-state index contributed by atoms with van der Waals surface area (Å²) in [5.74, 6) is -0.134. The standard InChI is InChI=1S/C11H12BrClN2O/c12-7-5-9(10(13)14-6-7)11(16)15-8-3-1-2-4-8/h5-6,8H,1-4H2,(H,15,16). The molecule has 0 atom stereocenters. The number of halogens is 2. The molecule has 86 valence electrons. The van der Waals surface area contributed by atoms with Gasteiger partial charge in [-0.15, -0.1) is 0 Å². The lowest BCUT2D eigenvalue weighted by Gasteiger charge is -2.12. The number of pyridine rings is 1. The third kappa shape index (κ3) is 2.74. The van der Waals surface area contributed by atoms with Crippen LogP contribution in [0.5, 0.6) is 0 Å². The summed E-state index contributed by atoms with van der Waals surface area (Å²) in [6, 6.07) is 1.99. The molecular weight excluding hydrogens is 291 g/mol. The molecule has 1 fully saturated rings. The van der Waals surface area contributed by atoms with Crippen molar-refractivity contribution in [3.8, 4) is 0 Å². The Morgan fingerprint density at radius 3 is 2.88 bits per heavy atom. The Labute approximate surface area is 108 Å². The van der Waals surface area contributed by atoms with Crippen LogP contribution in [0.1, 0.15) is 36.0 Å². The van der Waals surface area contributed by atoms with Crippen LogP contribution in [0.25, 0.3) is 0 Å². The summed E-state index contributed by atoms with van der Waals surface area (Å²) in [4.78, 5) is 15.8. The zero-order valence-electron chi connectivity index (χ0n) is 8.67. The van der Waals surface area contributed by atoms with E-state index in [-0.39, 0.29) is 11.1 Å². The fraction of sp³-hybridized carbons (Fsp3) is 0.455. The van der Waals surface area contributed by atoms with Gasteiger partial charge in [0, 0.05) is 16.7 Å². The van der Waals surface area contributed by atoms with Crippen LogP contribution in [0, 0.1) is 0 Å². The highest BCUT2D eigenvalue weighted by atomic mass is 79.9. The Morgan fingerprint density at radius 2 is 2.19 bits per heavy atom. The Hall–Kier alpha value is -0.610. The summed E-state index contributed by atoms with van der Waals surface area (Å²) < 4.78 is 0.758. The van der Waals surface area contributed by atoms with Crippen LogP contribution in [0.4, 0.5) is 0 Å². The SMILES string of the molecule is O=C(NC1CCCC1)c1cc(Br)cnc1Cl. The van der Waals surface area contributed by atoms with E-state index in [2.05, 4.69) is 26.2 Å². The molecule has 2 rings (SSSR count). The summed E-state index contributed by atoms with van der Waals surface area (Å²) in [6.07, 6.45) is 6.08. The summed E-state index contributed by atoms with van der Waals surface area (Å²) >= 11 is 9.16. The molecule has 1 aliphatic rings. The average molecular weight is 304 g/mol. The first-order chi connectivity index (χ1) is 7.66. The number of carbonyl (C=O) groups is 1. The molecule has 0 unspecified atom stereocenters. The van der Waals surface area contributed by atoms with Gasteiger partial charge in [-0.3, -0.25) is 4.79 Å². The van der Waals surface area contributed by atoms with Crippen molar-refractivity contribution in [3.05, 3.63) is 27.5 Å². The zero-order valence-corrected chi connectivity index (χ0v) is 11.0. The first-order valence-corrected chi connectivity index (χ1v) is 6.46. The fourth-order valence-electron chi connectivity index (χ4n) is 1.92. The number of aromatic nitrogens is 1. The molecule has 0 aliphatic heterocycles. The largest absolute Gasteiger partial charge is 0.349 e. The van der Waals surface area contributed by atoms with Crippen molar-refractivity contribution in [2.45, 2.75) is 31.7 Å². The van der Waals surface area contributed by atoms with Crippen LogP contribution in [-0.4, -0.2) is 16.9 Å². The van der Waals surface area contributed by atoms with Gasteiger partial charge in [0.1, 0.15) is 5.15 Å². The topological polar surface area (TPSA) is 42.0 Å². The molecule has 0 spiro atoms. The fourth-order valence-corrected chi connectivity index (χ4v) is 2.44. The zero-order chi connectivity index (χ0) is 11.5. The Balaban J connectivity index is 2.10. The molecule has 16 heavy (non-hydrogen) atoms. The van der Waals surface area contributed by atoms with Crippen molar-refractivity contribution in [1.29, 1.82) is 0 Å². The van der Waals surface area contributed by atoms with Crippen LogP contribution in [0.2, 0.25) is 5.15 Å². The summed E-state index contributed by atoms with van der Waals surface area (Å²) in [5, 5.41) is 3.23. The van der Waals surface area contributed by atoms with E-state index in [4.69, 9.17) is 11.6 Å². The van der Waals surface area contributed by atoms with Crippen LogP contribution >= 0.6 is 27.5 Å². The van der Waals surface area contributed by atoms with Gasteiger partial charge in [-0.25, -0.2) is 4.98 Å². The van der Waals surface area contributed by atoms with E-state index in [9.17, 15) is 4.79 Å². The molecule has 1 aromatic heterocycles. The van der Waals surface area contributed by atoms with Gasteiger partial charge in [-0.2, -0.15) is 0 Å². The van der Waals surface area contributed by atoms with Crippen LogP contribution < -0.4 is 5.32 Å². The number of amides is 1. The van der Waals surface area contributed by atoms with Crippen molar-refractivity contribution < 1.29 is 4.79 Å². The first-order valence-electron chi connectivity index (χ1n) is 5.29. The van der Waals surface area contributed by atoms with Crippen molar-refractivity contribution in [3.63, 3.8) is 0 Å². The predicted octanol–water partition coefficient (Wildman–Crippen LogP) is 3.17. The molecule has 5 heteroatoms. The van der Waals surface area contributed by atoms with Crippen LogP contribution in [-0.2, 0) is 0 Å². The highest BCUT2D eigenvalue weighted by Gasteiger charge is 2.19. The van der Waals surface area contributed by atoms with Gasteiger partial charge in [-0.1, -0.05) is 24.4 Å². The van der Waals surface area contributed by atoms with E-state index in [1.54, 1.807) is 12.3 Å². The molecule has 0 bridgehead atoms. The monoisotopic (exact) mass is 302 g/mol. The van der Waals surface area contributed by atoms with Crippen LogP contribution in [0.3, 0.4) is 0 Å². The Bertz CT molecular complexity index is 405. The Morgan fingerprint density at radius 1 is 1.50 bits per heavy atom. The van der Waals surface area contributed by atoms with Gasteiger partial charge in [0.05, 0.1) is 5.56 Å². The predicted molar refractivity (Wildman–Crippen MR) is 66.7 cm³/mol. The smallest absolute Gasteiger partial charge is 0.254 e. The van der Waals surface area contributed by atoms with E-state index < -0.39 is 0 Å². The molecule has 1 aliphatic carbocycles. The summed E-state index contributed by atoms with van der Waals surface area (Å²) in [6.45, 7) is 0. The third-order valence-electron chi connectivity index (χ3n) is 2.74. The van der Waals surface area contributed by atoms with Crippen molar-refractivity contribution in [2.75, 3.05) is 0 Å². The van der Waals surface area contributed by atoms with E-state index in [1.165, 1.54) is 12.8 Å². The third-order valence-corrected chi connectivity index (χ3v) is 3.48.